The van der Waals surface area contributed by atoms with E-state index in [1.54, 1.807) is 0 Å². The minimum absolute atomic E-state index is 0.0700. The standard InChI is InChI=1S/C11H18N2O4/c1-7(3-2-4-10(15)16)12-11(17)8-5-6-9(14)13-8/h7-8H,2-6H2,1H3,(H,12,17)(H,13,14)(H,15,16)/t7?,8-/m1/s1. The predicted octanol–water partition coefficient (Wildman–Crippen LogP) is 0.0246. The zero-order chi connectivity index (χ0) is 12.8. The number of aliphatic carboxylic acids is 1. The molecule has 0 radical (unpaired) electrons. The number of hydrogen-bond acceptors (Lipinski definition) is 3. The third-order valence-electron chi connectivity index (χ3n) is 2.73. The van der Waals surface area contributed by atoms with Crippen LogP contribution in [0.5, 0.6) is 0 Å². The van der Waals surface area contributed by atoms with E-state index in [1.165, 1.54) is 0 Å². The van der Waals surface area contributed by atoms with Crippen molar-refractivity contribution in [3.8, 4) is 0 Å². The summed E-state index contributed by atoms with van der Waals surface area (Å²) in [5.41, 5.74) is 0. The molecule has 0 bridgehead atoms. The topological polar surface area (TPSA) is 95.5 Å². The Morgan fingerprint density at radius 1 is 1.59 bits per heavy atom. The minimum atomic E-state index is -0.827. The fourth-order valence-corrected chi connectivity index (χ4v) is 1.79. The molecule has 1 rings (SSSR count). The second-order valence-corrected chi connectivity index (χ2v) is 4.35. The highest BCUT2D eigenvalue weighted by Crippen LogP contribution is 2.07. The zero-order valence-corrected chi connectivity index (χ0v) is 9.86. The SMILES string of the molecule is CC(CCCC(=O)O)NC(=O)[C@H]1CCC(=O)N1. The van der Waals surface area contributed by atoms with Gasteiger partial charge in [-0.05, 0) is 26.2 Å². The number of hydrogen-bond donors (Lipinski definition) is 3. The Hall–Kier alpha value is -1.59. The molecule has 1 heterocycles. The van der Waals surface area contributed by atoms with Gasteiger partial charge in [-0.2, -0.15) is 0 Å². The summed E-state index contributed by atoms with van der Waals surface area (Å²) in [6, 6.07) is -0.497. The molecule has 96 valence electrons. The van der Waals surface area contributed by atoms with Gasteiger partial charge in [0, 0.05) is 18.9 Å². The Morgan fingerprint density at radius 2 is 2.29 bits per heavy atom. The van der Waals surface area contributed by atoms with Gasteiger partial charge in [0.1, 0.15) is 6.04 Å². The highest BCUT2D eigenvalue weighted by Gasteiger charge is 2.27. The third kappa shape index (κ3) is 4.84. The number of nitrogens with one attached hydrogen (secondary N) is 2. The molecule has 0 saturated carbocycles. The molecule has 1 fully saturated rings. The monoisotopic (exact) mass is 242 g/mol. The van der Waals surface area contributed by atoms with Gasteiger partial charge in [-0.15, -0.1) is 0 Å². The van der Waals surface area contributed by atoms with Crippen molar-refractivity contribution in [1.29, 1.82) is 0 Å². The van der Waals surface area contributed by atoms with Crippen molar-refractivity contribution in [3.05, 3.63) is 0 Å². The van der Waals surface area contributed by atoms with Crippen LogP contribution in [0, 0.1) is 0 Å². The Labute approximate surface area is 99.8 Å². The molecular formula is C11H18N2O4. The van der Waals surface area contributed by atoms with Crippen molar-refractivity contribution >= 4 is 17.8 Å². The fraction of sp³-hybridized carbons (Fsp3) is 0.727. The van der Waals surface area contributed by atoms with Gasteiger partial charge in [0.25, 0.3) is 0 Å². The van der Waals surface area contributed by atoms with Gasteiger partial charge in [0.2, 0.25) is 11.8 Å². The van der Waals surface area contributed by atoms with Gasteiger partial charge < -0.3 is 15.7 Å². The molecule has 3 N–H and O–H groups in total. The van der Waals surface area contributed by atoms with Crippen molar-refractivity contribution in [2.75, 3.05) is 0 Å². The summed E-state index contributed by atoms with van der Waals surface area (Å²) in [6.45, 7) is 1.83. The van der Waals surface area contributed by atoms with Gasteiger partial charge in [-0.1, -0.05) is 0 Å². The number of amides is 2. The maximum absolute atomic E-state index is 11.7. The molecule has 0 aliphatic carbocycles. The molecule has 0 spiro atoms. The van der Waals surface area contributed by atoms with Crippen LogP contribution in [-0.4, -0.2) is 35.0 Å². The van der Waals surface area contributed by atoms with Crippen LogP contribution in [0.2, 0.25) is 0 Å². The highest BCUT2D eigenvalue weighted by atomic mass is 16.4. The second kappa shape index (κ2) is 6.22. The number of carbonyl (C=O) groups excluding carboxylic acids is 2. The Kier molecular flexibility index (Phi) is 4.93. The molecule has 1 aliphatic heterocycles. The van der Waals surface area contributed by atoms with E-state index in [0.717, 1.165) is 0 Å². The number of carbonyl (C=O) groups is 3. The molecule has 2 amide bonds. The minimum Gasteiger partial charge on any atom is -0.481 e. The molecule has 6 nitrogen and oxygen atoms in total. The van der Waals surface area contributed by atoms with E-state index in [4.69, 9.17) is 5.11 Å². The van der Waals surface area contributed by atoms with Crippen LogP contribution in [0.3, 0.4) is 0 Å². The lowest BCUT2D eigenvalue weighted by atomic mass is 10.1. The zero-order valence-electron chi connectivity index (χ0n) is 9.86. The van der Waals surface area contributed by atoms with Crippen LogP contribution >= 0.6 is 0 Å². The summed E-state index contributed by atoms with van der Waals surface area (Å²) in [5, 5.41) is 13.8. The predicted molar refractivity (Wildman–Crippen MR) is 60.3 cm³/mol. The van der Waals surface area contributed by atoms with Crippen LogP contribution < -0.4 is 10.6 Å². The van der Waals surface area contributed by atoms with Gasteiger partial charge >= 0.3 is 5.97 Å². The van der Waals surface area contributed by atoms with Crippen molar-refractivity contribution in [2.45, 2.75) is 51.1 Å². The normalized spacial score (nSPS) is 20.8. The summed E-state index contributed by atoms with van der Waals surface area (Å²) < 4.78 is 0. The molecule has 1 unspecified atom stereocenters. The van der Waals surface area contributed by atoms with E-state index in [9.17, 15) is 14.4 Å². The van der Waals surface area contributed by atoms with Crippen LogP contribution in [0.4, 0.5) is 0 Å². The molecule has 17 heavy (non-hydrogen) atoms. The Balaban J connectivity index is 2.21. The summed E-state index contributed by atoms with van der Waals surface area (Å²) in [7, 11) is 0. The lowest BCUT2D eigenvalue weighted by molar-refractivity contribution is -0.137. The summed E-state index contributed by atoms with van der Waals surface area (Å²) in [4.78, 5) is 32.9. The van der Waals surface area contributed by atoms with Crippen LogP contribution in [-0.2, 0) is 14.4 Å². The van der Waals surface area contributed by atoms with E-state index in [-0.39, 0.29) is 24.3 Å². The summed E-state index contributed by atoms with van der Waals surface area (Å²) in [5.74, 6) is -1.10. The third-order valence-corrected chi connectivity index (χ3v) is 2.73. The van der Waals surface area contributed by atoms with E-state index >= 15 is 0 Å². The second-order valence-electron chi connectivity index (χ2n) is 4.35. The van der Waals surface area contributed by atoms with Gasteiger partial charge in [-0.3, -0.25) is 14.4 Å². The molecule has 1 aliphatic rings. The molecule has 0 aromatic carbocycles. The lowest BCUT2D eigenvalue weighted by Crippen LogP contribution is -2.45. The van der Waals surface area contributed by atoms with E-state index in [1.807, 2.05) is 6.92 Å². The van der Waals surface area contributed by atoms with Crippen molar-refractivity contribution in [1.82, 2.24) is 10.6 Å². The first-order valence-electron chi connectivity index (χ1n) is 5.80. The van der Waals surface area contributed by atoms with Gasteiger partial charge in [0.15, 0.2) is 0 Å². The van der Waals surface area contributed by atoms with Gasteiger partial charge in [0.05, 0.1) is 0 Å². The maximum atomic E-state index is 11.7. The first kappa shape index (κ1) is 13.5. The number of rotatable bonds is 6. The molecule has 0 aromatic heterocycles. The molecule has 0 aromatic rings. The average Bonchev–Trinajstić information content (AvgIpc) is 2.64. The van der Waals surface area contributed by atoms with Crippen LogP contribution in [0.25, 0.3) is 0 Å². The smallest absolute Gasteiger partial charge is 0.303 e. The van der Waals surface area contributed by atoms with Crippen molar-refractivity contribution in [3.63, 3.8) is 0 Å². The number of carboxylic acids is 1. The molecule has 2 atom stereocenters. The van der Waals surface area contributed by atoms with E-state index in [0.29, 0.717) is 25.7 Å². The Bertz CT molecular complexity index is 317. The number of carboxylic acid groups (broad SMARTS) is 1. The summed E-state index contributed by atoms with van der Waals surface area (Å²) in [6.07, 6.45) is 2.20. The highest BCUT2D eigenvalue weighted by molar-refractivity contribution is 5.90. The maximum Gasteiger partial charge on any atom is 0.303 e. The van der Waals surface area contributed by atoms with Crippen LogP contribution in [0.1, 0.15) is 39.0 Å². The van der Waals surface area contributed by atoms with Gasteiger partial charge in [-0.25, -0.2) is 0 Å². The quantitative estimate of drug-likeness (QED) is 0.612. The molecule has 6 heteroatoms. The summed E-state index contributed by atoms with van der Waals surface area (Å²) >= 11 is 0. The lowest BCUT2D eigenvalue weighted by Gasteiger charge is -2.16. The molecule has 1 saturated heterocycles. The fourth-order valence-electron chi connectivity index (χ4n) is 1.79. The largest absolute Gasteiger partial charge is 0.481 e. The van der Waals surface area contributed by atoms with E-state index in [2.05, 4.69) is 10.6 Å². The van der Waals surface area contributed by atoms with Crippen molar-refractivity contribution in [2.24, 2.45) is 0 Å². The van der Waals surface area contributed by atoms with E-state index < -0.39 is 12.0 Å². The first-order valence-corrected chi connectivity index (χ1v) is 5.80. The molecular weight excluding hydrogens is 224 g/mol. The van der Waals surface area contributed by atoms with Crippen LogP contribution in [0.15, 0.2) is 0 Å². The Morgan fingerprint density at radius 3 is 2.82 bits per heavy atom. The first-order chi connectivity index (χ1) is 7.99. The van der Waals surface area contributed by atoms with Crippen molar-refractivity contribution < 1.29 is 19.5 Å². The average molecular weight is 242 g/mol.